The van der Waals surface area contributed by atoms with Crippen LogP contribution in [0.15, 0.2) is 39.8 Å². The van der Waals surface area contributed by atoms with Crippen LogP contribution in [0.2, 0.25) is 0 Å². The second kappa shape index (κ2) is 7.46. The van der Waals surface area contributed by atoms with Gasteiger partial charge in [-0.1, -0.05) is 18.1 Å². The lowest BCUT2D eigenvalue weighted by Gasteiger charge is -2.22. The van der Waals surface area contributed by atoms with Crippen LogP contribution in [-0.2, 0) is 14.8 Å². The molecule has 2 heterocycles. The van der Waals surface area contributed by atoms with Crippen molar-refractivity contribution in [1.82, 2.24) is 10.1 Å². The molecule has 1 aromatic heterocycles. The van der Waals surface area contributed by atoms with Gasteiger partial charge in [-0.15, -0.1) is 0 Å². The number of aromatic nitrogens is 1. The Balaban J connectivity index is 1.81. The van der Waals surface area contributed by atoms with E-state index in [1.54, 1.807) is 24.0 Å². The van der Waals surface area contributed by atoms with Crippen molar-refractivity contribution in [2.75, 3.05) is 31.0 Å². The molecule has 2 aromatic rings. The Morgan fingerprint density at radius 2 is 2.15 bits per heavy atom. The topological polar surface area (TPSA) is 102 Å². The highest BCUT2D eigenvalue weighted by atomic mass is 32.2. The number of benzene rings is 1. The van der Waals surface area contributed by atoms with E-state index < -0.39 is 10.0 Å². The van der Waals surface area contributed by atoms with E-state index in [1.165, 1.54) is 18.2 Å². The van der Waals surface area contributed by atoms with Crippen molar-refractivity contribution in [3.05, 3.63) is 41.7 Å². The van der Waals surface area contributed by atoms with Crippen molar-refractivity contribution in [2.45, 2.75) is 18.7 Å². The quantitative estimate of drug-likeness (QED) is 0.870. The van der Waals surface area contributed by atoms with Crippen molar-refractivity contribution >= 4 is 21.7 Å². The number of hydrogen-bond donors (Lipinski definition) is 1. The van der Waals surface area contributed by atoms with Gasteiger partial charge in [0.05, 0.1) is 18.1 Å². The fraction of sp³-hybridized carbons (Fsp3) is 0.412. The normalized spacial score (nSPS) is 18.4. The fourth-order valence-corrected chi connectivity index (χ4v) is 3.78. The minimum Gasteiger partial charge on any atom is -0.379 e. The van der Waals surface area contributed by atoms with E-state index in [4.69, 9.17) is 9.26 Å². The molecular formula is C17H21N3O5S. The molecule has 1 aromatic carbocycles. The molecule has 3 rings (SSSR count). The van der Waals surface area contributed by atoms with Gasteiger partial charge in [-0.25, -0.2) is 8.42 Å². The van der Waals surface area contributed by atoms with E-state index in [-0.39, 0.29) is 22.5 Å². The maximum absolute atomic E-state index is 12.8. The van der Waals surface area contributed by atoms with Crippen LogP contribution >= 0.6 is 0 Å². The molecule has 140 valence electrons. The number of sulfonamides is 1. The summed E-state index contributed by atoms with van der Waals surface area (Å²) in [6.07, 6.45) is 0. The third-order valence-corrected chi connectivity index (χ3v) is 5.34. The standard InChI is InChI=1S/C17H21N3O5S/c1-12-10-20(6-7-24-11-12)17(21)14-4-3-5-15(9-14)26(22,23)19-16-8-13(2)25-18-16/h3-5,8-9,12H,6-7,10-11H2,1-2H3,(H,18,19). The minimum atomic E-state index is -3.87. The summed E-state index contributed by atoms with van der Waals surface area (Å²) in [5.74, 6) is 0.601. The number of rotatable bonds is 4. The Labute approximate surface area is 152 Å². The van der Waals surface area contributed by atoms with Crippen LogP contribution in [0.25, 0.3) is 0 Å². The molecule has 0 radical (unpaired) electrons. The number of aryl methyl sites for hydroxylation is 1. The largest absolute Gasteiger partial charge is 0.379 e. The van der Waals surface area contributed by atoms with Gasteiger partial charge in [0.15, 0.2) is 5.82 Å². The highest BCUT2D eigenvalue weighted by molar-refractivity contribution is 7.92. The number of nitrogens with zero attached hydrogens (tertiary/aromatic N) is 2. The van der Waals surface area contributed by atoms with Crippen LogP contribution in [-0.4, -0.2) is 50.7 Å². The van der Waals surface area contributed by atoms with Crippen molar-refractivity contribution in [2.24, 2.45) is 5.92 Å². The maximum atomic E-state index is 12.8. The first-order valence-electron chi connectivity index (χ1n) is 8.28. The van der Waals surface area contributed by atoms with Crippen molar-refractivity contribution in [3.8, 4) is 0 Å². The molecule has 1 aliphatic heterocycles. The molecule has 0 spiro atoms. The highest BCUT2D eigenvalue weighted by Gasteiger charge is 2.23. The summed E-state index contributed by atoms with van der Waals surface area (Å²) < 4.78 is 37.7. The van der Waals surface area contributed by atoms with Gasteiger partial charge in [-0.05, 0) is 31.0 Å². The number of amides is 1. The second-order valence-corrected chi connectivity index (χ2v) is 8.07. The molecule has 0 bridgehead atoms. The van der Waals surface area contributed by atoms with E-state index in [2.05, 4.69) is 9.88 Å². The molecular weight excluding hydrogens is 358 g/mol. The van der Waals surface area contributed by atoms with E-state index in [0.29, 0.717) is 37.6 Å². The summed E-state index contributed by atoms with van der Waals surface area (Å²) in [5.41, 5.74) is 0.318. The number of anilines is 1. The zero-order valence-electron chi connectivity index (χ0n) is 14.6. The van der Waals surface area contributed by atoms with Crippen LogP contribution in [0.5, 0.6) is 0 Å². The van der Waals surface area contributed by atoms with E-state index >= 15 is 0 Å². The number of carbonyl (C=O) groups is 1. The SMILES string of the molecule is Cc1cc(NS(=O)(=O)c2cccc(C(=O)N3CCOCC(C)C3)c2)no1. The van der Waals surface area contributed by atoms with Gasteiger partial charge in [-0.2, -0.15) is 0 Å². The zero-order valence-corrected chi connectivity index (χ0v) is 15.5. The second-order valence-electron chi connectivity index (χ2n) is 6.39. The highest BCUT2D eigenvalue weighted by Crippen LogP contribution is 2.19. The first-order valence-corrected chi connectivity index (χ1v) is 9.77. The summed E-state index contributed by atoms with van der Waals surface area (Å²) in [6, 6.07) is 7.44. The van der Waals surface area contributed by atoms with Gasteiger partial charge in [0, 0.05) is 24.7 Å². The van der Waals surface area contributed by atoms with Gasteiger partial charge in [0.25, 0.3) is 15.9 Å². The molecule has 9 heteroatoms. The van der Waals surface area contributed by atoms with Crippen molar-refractivity contribution in [1.29, 1.82) is 0 Å². The number of carbonyl (C=O) groups excluding carboxylic acids is 1. The lowest BCUT2D eigenvalue weighted by atomic mass is 10.1. The third kappa shape index (κ3) is 4.23. The summed E-state index contributed by atoms with van der Waals surface area (Å²) >= 11 is 0. The zero-order chi connectivity index (χ0) is 18.7. The smallest absolute Gasteiger partial charge is 0.263 e. The summed E-state index contributed by atoms with van der Waals surface area (Å²) in [4.78, 5) is 14.4. The average Bonchev–Trinajstić information content (AvgIpc) is 2.88. The lowest BCUT2D eigenvalue weighted by molar-refractivity contribution is 0.0738. The van der Waals surface area contributed by atoms with Crippen LogP contribution in [0, 0.1) is 12.8 Å². The van der Waals surface area contributed by atoms with Crippen LogP contribution in [0.4, 0.5) is 5.82 Å². The average molecular weight is 379 g/mol. The number of hydrogen-bond acceptors (Lipinski definition) is 6. The van der Waals surface area contributed by atoms with E-state index in [0.717, 1.165) is 0 Å². The Bertz CT molecular complexity index is 893. The summed E-state index contributed by atoms with van der Waals surface area (Å²) in [7, 11) is -3.87. The van der Waals surface area contributed by atoms with Crippen LogP contribution in [0.3, 0.4) is 0 Å². The maximum Gasteiger partial charge on any atom is 0.263 e. The lowest BCUT2D eigenvalue weighted by Crippen LogP contribution is -2.35. The fourth-order valence-electron chi connectivity index (χ4n) is 2.75. The van der Waals surface area contributed by atoms with Crippen LogP contribution in [0.1, 0.15) is 23.0 Å². The van der Waals surface area contributed by atoms with Gasteiger partial charge >= 0.3 is 0 Å². The van der Waals surface area contributed by atoms with Crippen LogP contribution < -0.4 is 4.72 Å². The molecule has 1 amide bonds. The monoisotopic (exact) mass is 379 g/mol. The number of nitrogens with one attached hydrogen (secondary N) is 1. The van der Waals surface area contributed by atoms with E-state index in [9.17, 15) is 13.2 Å². The molecule has 1 saturated heterocycles. The Morgan fingerprint density at radius 1 is 1.35 bits per heavy atom. The molecule has 8 nitrogen and oxygen atoms in total. The Hall–Kier alpha value is -2.39. The van der Waals surface area contributed by atoms with Gasteiger partial charge < -0.3 is 14.2 Å². The summed E-state index contributed by atoms with van der Waals surface area (Å²) in [5, 5.41) is 3.62. The molecule has 0 saturated carbocycles. The molecule has 1 atom stereocenters. The van der Waals surface area contributed by atoms with Crippen molar-refractivity contribution in [3.63, 3.8) is 0 Å². The van der Waals surface area contributed by atoms with Crippen molar-refractivity contribution < 1.29 is 22.5 Å². The van der Waals surface area contributed by atoms with Gasteiger partial charge in [0.2, 0.25) is 0 Å². The third-order valence-electron chi connectivity index (χ3n) is 3.99. The Kier molecular flexibility index (Phi) is 5.28. The van der Waals surface area contributed by atoms with E-state index in [1.807, 2.05) is 6.92 Å². The predicted octanol–water partition coefficient (Wildman–Crippen LogP) is 1.89. The molecule has 0 aliphatic carbocycles. The molecule has 1 unspecified atom stereocenters. The summed E-state index contributed by atoms with van der Waals surface area (Å²) in [6.45, 7) is 5.82. The molecule has 1 N–H and O–H groups in total. The molecule has 1 fully saturated rings. The van der Waals surface area contributed by atoms with Gasteiger partial charge in [0.1, 0.15) is 5.76 Å². The minimum absolute atomic E-state index is 0.0110. The number of ether oxygens (including phenoxy) is 1. The molecule has 1 aliphatic rings. The Morgan fingerprint density at radius 3 is 2.88 bits per heavy atom. The predicted molar refractivity (Wildman–Crippen MR) is 94.4 cm³/mol. The molecule has 26 heavy (non-hydrogen) atoms. The first-order chi connectivity index (χ1) is 12.3. The van der Waals surface area contributed by atoms with Gasteiger partial charge in [-0.3, -0.25) is 9.52 Å². The first kappa shape index (κ1) is 18.4.